The summed E-state index contributed by atoms with van der Waals surface area (Å²) in [5, 5.41) is 2.78. The molecule has 0 unspecified atom stereocenters. The number of nitrogens with zero attached hydrogens (tertiary/aromatic N) is 5. The van der Waals surface area contributed by atoms with Crippen LogP contribution in [0.2, 0.25) is 0 Å². The average molecular weight is 458 g/mol. The largest absolute Gasteiger partial charge is 0.348 e. The van der Waals surface area contributed by atoms with Crippen LogP contribution < -0.4 is 15.8 Å². The minimum Gasteiger partial charge on any atom is -0.348 e. The van der Waals surface area contributed by atoms with Crippen molar-refractivity contribution in [1.82, 2.24) is 19.4 Å². The Bertz CT molecular complexity index is 1370. The summed E-state index contributed by atoms with van der Waals surface area (Å²) in [6, 6.07) is 18.8. The number of hydrogen-bond donors (Lipinski definition) is 1. The number of fused-ring (bicyclic) bond motifs is 1. The predicted molar refractivity (Wildman–Crippen MR) is 129 cm³/mol. The molecule has 1 saturated heterocycles. The third-order valence-electron chi connectivity index (χ3n) is 5.83. The maximum atomic E-state index is 13.5. The van der Waals surface area contributed by atoms with E-state index in [1.54, 1.807) is 21.7 Å². The van der Waals surface area contributed by atoms with E-state index in [9.17, 15) is 14.0 Å². The lowest BCUT2D eigenvalue weighted by Gasteiger charge is -2.35. The van der Waals surface area contributed by atoms with Crippen LogP contribution in [0.15, 0.2) is 77.7 Å². The molecule has 1 fully saturated rings. The molecule has 0 saturated carbocycles. The first-order valence-corrected chi connectivity index (χ1v) is 11.0. The summed E-state index contributed by atoms with van der Waals surface area (Å²) in [6.07, 6.45) is 1.66. The molecular weight excluding hydrogens is 435 g/mol. The van der Waals surface area contributed by atoms with E-state index in [0.29, 0.717) is 55.4 Å². The van der Waals surface area contributed by atoms with Crippen LogP contribution in [0, 0.1) is 5.82 Å². The molecule has 2 amide bonds. The molecule has 0 radical (unpaired) electrons. The molecule has 1 aliphatic heterocycles. The first-order chi connectivity index (χ1) is 16.6. The highest BCUT2D eigenvalue weighted by Crippen LogP contribution is 2.17. The molecule has 34 heavy (non-hydrogen) atoms. The molecule has 2 aromatic carbocycles. The van der Waals surface area contributed by atoms with Crippen LogP contribution in [-0.2, 0) is 6.54 Å². The van der Waals surface area contributed by atoms with Gasteiger partial charge in [-0.3, -0.25) is 9.36 Å². The van der Waals surface area contributed by atoms with E-state index in [1.165, 1.54) is 24.3 Å². The molecule has 3 heterocycles. The van der Waals surface area contributed by atoms with Crippen molar-refractivity contribution in [2.45, 2.75) is 6.54 Å². The Morgan fingerprint density at radius 1 is 0.941 bits per heavy atom. The summed E-state index contributed by atoms with van der Waals surface area (Å²) in [7, 11) is 0. The van der Waals surface area contributed by atoms with Gasteiger partial charge in [-0.05, 0) is 42.0 Å². The summed E-state index contributed by atoms with van der Waals surface area (Å²) in [6.45, 7) is 2.19. The maximum absolute atomic E-state index is 13.5. The zero-order chi connectivity index (χ0) is 23.5. The highest BCUT2D eigenvalue weighted by atomic mass is 19.1. The molecule has 0 bridgehead atoms. The lowest BCUT2D eigenvalue weighted by atomic mass is 10.2. The Morgan fingerprint density at radius 2 is 1.68 bits per heavy atom. The van der Waals surface area contributed by atoms with Gasteiger partial charge in [0, 0.05) is 38.1 Å². The summed E-state index contributed by atoms with van der Waals surface area (Å²) >= 11 is 0. The number of hydrogen-bond acceptors (Lipinski definition) is 5. The molecule has 2 aromatic heterocycles. The van der Waals surface area contributed by atoms with Gasteiger partial charge in [-0.25, -0.2) is 19.2 Å². The molecule has 5 rings (SSSR count). The van der Waals surface area contributed by atoms with Crippen LogP contribution in [0.25, 0.3) is 11.2 Å². The molecular formula is C25H23FN6O2. The van der Waals surface area contributed by atoms with Crippen LogP contribution in [0.3, 0.4) is 0 Å². The number of benzene rings is 2. The van der Waals surface area contributed by atoms with E-state index >= 15 is 0 Å². The van der Waals surface area contributed by atoms with Gasteiger partial charge >= 0.3 is 6.03 Å². The number of nitrogens with one attached hydrogen (secondary N) is 1. The number of amides is 2. The molecule has 8 nitrogen and oxygen atoms in total. The van der Waals surface area contributed by atoms with E-state index in [-0.39, 0.29) is 17.4 Å². The number of aromatic nitrogens is 3. The molecule has 0 aliphatic carbocycles. The molecule has 1 N–H and O–H groups in total. The highest BCUT2D eigenvalue weighted by Gasteiger charge is 2.25. The monoisotopic (exact) mass is 458 g/mol. The molecule has 4 aromatic rings. The molecule has 0 atom stereocenters. The zero-order valence-corrected chi connectivity index (χ0v) is 18.4. The second-order valence-electron chi connectivity index (χ2n) is 8.07. The van der Waals surface area contributed by atoms with Crippen molar-refractivity contribution in [3.05, 3.63) is 94.7 Å². The molecule has 9 heteroatoms. The van der Waals surface area contributed by atoms with Gasteiger partial charge in [0.1, 0.15) is 11.3 Å². The van der Waals surface area contributed by atoms with Gasteiger partial charge in [-0.1, -0.05) is 30.3 Å². The normalized spacial score (nSPS) is 13.8. The van der Waals surface area contributed by atoms with Crippen LogP contribution in [0.4, 0.5) is 20.7 Å². The topological polar surface area (TPSA) is 83.4 Å². The number of pyridine rings is 1. The fraction of sp³-hybridized carbons (Fsp3) is 0.200. The summed E-state index contributed by atoms with van der Waals surface area (Å²) in [5.41, 5.74) is 2.50. The number of anilines is 2. The number of carbonyl (C=O) groups excluding carboxylic acids is 1. The Kier molecular flexibility index (Phi) is 5.90. The van der Waals surface area contributed by atoms with Crippen LogP contribution >= 0.6 is 0 Å². The third kappa shape index (κ3) is 4.45. The minimum atomic E-state index is -0.359. The summed E-state index contributed by atoms with van der Waals surface area (Å²) in [4.78, 5) is 38.7. The number of piperazine rings is 1. The standard InChI is InChI=1S/C25H23FN6O2/c26-19-8-10-20(11-9-19)28-25(34)31-15-13-30(14-16-31)23-24(33)32(17-18-5-2-1-3-6-18)22-21(29-23)7-4-12-27-22/h1-12H,13-17H2,(H,28,34). The minimum absolute atomic E-state index is 0.209. The smallest absolute Gasteiger partial charge is 0.321 e. The summed E-state index contributed by atoms with van der Waals surface area (Å²) in [5.74, 6) is -0.00218. The van der Waals surface area contributed by atoms with Crippen molar-refractivity contribution in [3.63, 3.8) is 0 Å². The number of carbonyl (C=O) groups is 1. The van der Waals surface area contributed by atoms with Gasteiger partial charge in [0.15, 0.2) is 11.5 Å². The van der Waals surface area contributed by atoms with Gasteiger partial charge in [0.2, 0.25) is 0 Å². The van der Waals surface area contributed by atoms with Crippen molar-refractivity contribution < 1.29 is 9.18 Å². The van der Waals surface area contributed by atoms with Crippen molar-refractivity contribution in [3.8, 4) is 0 Å². The highest BCUT2D eigenvalue weighted by molar-refractivity contribution is 5.89. The number of halogens is 1. The maximum Gasteiger partial charge on any atom is 0.321 e. The lowest BCUT2D eigenvalue weighted by molar-refractivity contribution is 0.208. The zero-order valence-electron chi connectivity index (χ0n) is 18.4. The number of rotatable bonds is 4. The van der Waals surface area contributed by atoms with Crippen LogP contribution in [0.5, 0.6) is 0 Å². The fourth-order valence-corrected chi connectivity index (χ4v) is 4.04. The van der Waals surface area contributed by atoms with Gasteiger partial charge in [0.05, 0.1) is 6.54 Å². The first-order valence-electron chi connectivity index (χ1n) is 11.0. The van der Waals surface area contributed by atoms with Crippen molar-refractivity contribution in [1.29, 1.82) is 0 Å². The first kappa shape index (κ1) is 21.6. The summed E-state index contributed by atoms with van der Waals surface area (Å²) < 4.78 is 14.8. The van der Waals surface area contributed by atoms with E-state index in [1.807, 2.05) is 41.3 Å². The second-order valence-corrected chi connectivity index (χ2v) is 8.07. The lowest BCUT2D eigenvalue weighted by Crippen LogP contribution is -2.51. The van der Waals surface area contributed by atoms with Crippen LogP contribution in [-0.4, -0.2) is 51.6 Å². The Balaban J connectivity index is 1.36. The van der Waals surface area contributed by atoms with Crippen molar-refractivity contribution in [2.24, 2.45) is 0 Å². The molecule has 0 spiro atoms. The Morgan fingerprint density at radius 3 is 2.41 bits per heavy atom. The third-order valence-corrected chi connectivity index (χ3v) is 5.83. The van der Waals surface area contributed by atoms with Crippen molar-refractivity contribution in [2.75, 3.05) is 36.4 Å². The molecule has 1 aliphatic rings. The van der Waals surface area contributed by atoms with E-state index < -0.39 is 0 Å². The van der Waals surface area contributed by atoms with Crippen LogP contribution in [0.1, 0.15) is 5.56 Å². The number of urea groups is 1. The Hall–Kier alpha value is -4.27. The second kappa shape index (κ2) is 9.30. The fourth-order valence-electron chi connectivity index (χ4n) is 4.04. The van der Waals surface area contributed by atoms with Crippen molar-refractivity contribution >= 4 is 28.7 Å². The average Bonchev–Trinajstić information content (AvgIpc) is 2.87. The molecule has 172 valence electrons. The van der Waals surface area contributed by atoms with Gasteiger partial charge in [-0.2, -0.15) is 0 Å². The van der Waals surface area contributed by atoms with E-state index in [0.717, 1.165) is 5.56 Å². The quantitative estimate of drug-likeness (QED) is 0.507. The van der Waals surface area contributed by atoms with Gasteiger partial charge in [0.25, 0.3) is 5.56 Å². The van der Waals surface area contributed by atoms with E-state index in [4.69, 9.17) is 0 Å². The Labute approximate surface area is 195 Å². The predicted octanol–water partition coefficient (Wildman–Crippen LogP) is 3.33. The van der Waals surface area contributed by atoms with Gasteiger partial charge < -0.3 is 15.1 Å². The van der Waals surface area contributed by atoms with E-state index in [2.05, 4.69) is 15.3 Å². The SMILES string of the molecule is O=C(Nc1ccc(F)cc1)N1CCN(c2nc3cccnc3n(Cc3ccccc3)c2=O)CC1. The van der Waals surface area contributed by atoms with Gasteiger partial charge in [-0.15, -0.1) is 0 Å².